The van der Waals surface area contributed by atoms with Crippen LogP contribution in [0.2, 0.25) is 0 Å². The van der Waals surface area contributed by atoms with Gasteiger partial charge in [0, 0.05) is 44.2 Å². The Balaban J connectivity index is 1.18. The number of nitrogens with one attached hydrogen (secondary N) is 2. The number of carbonyl (C=O) groups is 5. The Kier molecular flexibility index (Phi) is 10.3. The number of anilines is 1. The monoisotopic (exact) mass is 695 g/mol. The smallest absolute Gasteiger partial charge is 0.410 e. The highest BCUT2D eigenvalue weighted by atomic mass is 16.6. The van der Waals surface area contributed by atoms with Crippen molar-refractivity contribution < 1.29 is 43.3 Å². The number of nitrogens with zero attached hydrogens (tertiary/aromatic N) is 3. The van der Waals surface area contributed by atoms with Gasteiger partial charge in [-0.25, -0.2) is 14.4 Å². The van der Waals surface area contributed by atoms with Crippen molar-refractivity contribution in [3.05, 3.63) is 41.5 Å². The van der Waals surface area contributed by atoms with Crippen molar-refractivity contribution in [1.82, 2.24) is 20.4 Å². The van der Waals surface area contributed by atoms with Gasteiger partial charge in [0.15, 0.2) is 0 Å². The molecule has 0 spiro atoms. The first-order chi connectivity index (χ1) is 23.8. The van der Waals surface area contributed by atoms with Crippen LogP contribution >= 0.6 is 0 Å². The molecular formula is C36H49N5O9. The lowest BCUT2D eigenvalue weighted by atomic mass is 10.0. The maximum absolute atomic E-state index is 14.2. The van der Waals surface area contributed by atoms with Crippen LogP contribution in [-0.4, -0.2) is 107 Å². The Morgan fingerprint density at radius 1 is 1.06 bits per heavy atom. The summed E-state index contributed by atoms with van der Waals surface area (Å²) in [6.45, 7) is 8.77. The number of aliphatic carboxylic acids is 1. The normalized spacial score (nSPS) is 28.7. The SMILES string of the molecule is CC(C)(C)OC(=O)N[C@H]1CCCCCC=C[C@@H]2C[C@@]2(C(=O)O)NC(=O)[C@@H]2C[C@@H](OC(=O)N3Cc4ccc(N5CCOCC5)cc4C3)CN2C1=O. The van der Waals surface area contributed by atoms with E-state index in [4.69, 9.17) is 14.2 Å². The van der Waals surface area contributed by atoms with Gasteiger partial charge in [0.25, 0.3) is 0 Å². The number of hydrogen-bond acceptors (Lipinski definition) is 9. The van der Waals surface area contributed by atoms with E-state index in [-0.39, 0.29) is 25.3 Å². The number of amides is 4. The summed E-state index contributed by atoms with van der Waals surface area (Å²) in [4.78, 5) is 72.0. The molecule has 2 saturated heterocycles. The fraction of sp³-hybridized carbons (Fsp3) is 0.639. The van der Waals surface area contributed by atoms with E-state index in [9.17, 15) is 29.1 Å². The second-order valence-corrected chi connectivity index (χ2v) is 15.0. The third-order valence-corrected chi connectivity index (χ3v) is 10.1. The van der Waals surface area contributed by atoms with Crippen molar-refractivity contribution in [3.8, 4) is 0 Å². The Morgan fingerprint density at radius 3 is 2.56 bits per heavy atom. The Bertz CT molecular complexity index is 1520. The van der Waals surface area contributed by atoms with Crippen LogP contribution in [0.4, 0.5) is 15.3 Å². The van der Waals surface area contributed by atoms with Gasteiger partial charge in [-0.1, -0.05) is 31.1 Å². The van der Waals surface area contributed by atoms with E-state index in [1.165, 1.54) is 4.90 Å². The molecule has 4 aliphatic heterocycles. The van der Waals surface area contributed by atoms with Gasteiger partial charge in [0.1, 0.15) is 29.3 Å². The summed E-state index contributed by atoms with van der Waals surface area (Å²) in [5, 5.41) is 15.6. The highest BCUT2D eigenvalue weighted by Crippen LogP contribution is 2.45. The molecule has 1 saturated carbocycles. The minimum atomic E-state index is -1.47. The number of benzene rings is 1. The standard InChI is InChI=1S/C36H49N5O9/c1-35(2,3)50-33(46)37-28-10-8-6-4-5-7-9-25-19-36(25,32(44)45)38-30(42)29-18-27(22-41(29)31(28)43)49-34(47)40-20-23-11-12-26(17-24(23)21-40)39-13-15-48-16-14-39/h7,9,11-12,17,25,27-29H,4-6,8,10,13-16,18-22H2,1-3H3,(H,37,46)(H,38,42)(H,44,45)/t25-,27-,28+,29+,36-/m1/s1. The minimum Gasteiger partial charge on any atom is -0.479 e. The second-order valence-electron chi connectivity index (χ2n) is 15.0. The van der Waals surface area contributed by atoms with E-state index in [2.05, 4.69) is 27.7 Å². The number of carboxylic acid groups (broad SMARTS) is 1. The van der Waals surface area contributed by atoms with Gasteiger partial charge in [-0.3, -0.25) is 14.5 Å². The van der Waals surface area contributed by atoms with Crippen molar-refractivity contribution in [1.29, 1.82) is 0 Å². The van der Waals surface area contributed by atoms with E-state index >= 15 is 0 Å². The van der Waals surface area contributed by atoms with Gasteiger partial charge in [-0.05, 0) is 69.7 Å². The van der Waals surface area contributed by atoms with Crippen LogP contribution in [0.15, 0.2) is 30.4 Å². The number of allylic oxidation sites excluding steroid dienone is 1. The minimum absolute atomic E-state index is 0.0133. The molecule has 14 heteroatoms. The van der Waals surface area contributed by atoms with Crippen molar-refractivity contribution in [2.75, 3.05) is 37.7 Å². The predicted octanol–water partition coefficient (Wildman–Crippen LogP) is 3.32. The summed E-state index contributed by atoms with van der Waals surface area (Å²) in [5.74, 6) is -2.65. The maximum atomic E-state index is 14.2. The topological polar surface area (TPSA) is 167 Å². The van der Waals surface area contributed by atoms with Gasteiger partial charge in [0.2, 0.25) is 11.8 Å². The number of ether oxygens (including phenoxy) is 3. The molecule has 0 unspecified atom stereocenters. The summed E-state index contributed by atoms with van der Waals surface area (Å²) in [5.41, 5.74) is 0.875. The molecule has 0 radical (unpaired) electrons. The third kappa shape index (κ3) is 8.00. The number of carboxylic acids is 1. The zero-order valence-electron chi connectivity index (χ0n) is 29.2. The molecular weight excluding hydrogens is 646 g/mol. The van der Waals surface area contributed by atoms with Gasteiger partial charge in [0.05, 0.1) is 19.8 Å². The molecule has 4 amide bonds. The Labute approximate surface area is 292 Å². The molecule has 3 N–H and O–H groups in total. The van der Waals surface area contributed by atoms with Crippen LogP contribution in [0.5, 0.6) is 0 Å². The molecule has 0 bridgehead atoms. The van der Waals surface area contributed by atoms with Gasteiger partial charge < -0.3 is 39.8 Å². The summed E-state index contributed by atoms with van der Waals surface area (Å²) in [6, 6.07) is 4.07. The largest absolute Gasteiger partial charge is 0.479 e. The van der Waals surface area contributed by atoms with Crippen LogP contribution in [0.1, 0.15) is 76.8 Å². The zero-order valence-corrected chi connectivity index (χ0v) is 29.2. The lowest BCUT2D eigenvalue weighted by molar-refractivity contribution is -0.145. The molecule has 1 aromatic carbocycles. The number of fused-ring (bicyclic) bond motifs is 3. The van der Waals surface area contributed by atoms with Crippen molar-refractivity contribution >= 4 is 35.7 Å². The fourth-order valence-corrected chi connectivity index (χ4v) is 7.34. The summed E-state index contributed by atoms with van der Waals surface area (Å²) in [7, 11) is 0. The fourth-order valence-electron chi connectivity index (χ4n) is 7.34. The predicted molar refractivity (Wildman–Crippen MR) is 181 cm³/mol. The molecule has 6 rings (SSSR count). The van der Waals surface area contributed by atoms with Gasteiger partial charge in [-0.15, -0.1) is 0 Å². The Hall–Kier alpha value is -4.33. The molecule has 3 fully saturated rings. The summed E-state index contributed by atoms with van der Waals surface area (Å²) < 4.78 is 16.9. The van der Waals surface area contributed by atoms with Crippen molar-refractivity contribution in [2.24, 2.45) is 5.92 Å². The molecule has 14 nitrogen and oxygen atoms in total. The molecule has 1 aromatic rings. The summed E-state index contributed by atoms with van der Waals surface area (Å²) >= 11 is 0. The maximum Gasteiger partial charge on any atom is 0.410 e. The zero-order chi connectivity index (χ0) is 35.6. The van der Waals surface area contributed by atoms with E-state index < -0.39 is 59.3 Å². The van der Waals surface area contributed by atoms with Crippen LogP contribution in [0, 0.1) is 5.92 Å². The lowest BCUT2D eigenvalue weighted by Gasteiger charge is -2.30. The van der Waals surface area contributed by atoms with Crippen molar-refractivity contribution in [2.45, 2.75) is 108 Å². The number of alkyl carbamates (subject to hydrolysis) is 1. The van der Waals surface area contributed by atoms with Gasteiger partial charge in [-0.2, -0.15) is 0 Å². The lowest BCUT2D eigenvalue weighted by Crippen LogP contribution is -2.56. The second kappa shape index (κ2) is 14.5. The van der Waals surface area contributed by atoms with E-state index in [1.807, 2.05) is 18.2 Å². The first-order valence-electron chi connectivity index (χ1n) is 17.7. The average molecular weight is 696 g/mol. The highest BCUT2D eigenvalue weighted by Gasteiger charge is 2.61. The Morgan fingerprint density at radius 2 is 1.82 bits per heavy atom. The first-order valence-corrected chi connectivity index (χ1v) is 17.7. The van der Waals surface area contributed by atoms with Crippen LogP contribution in [0.3, 0.4) is 0 Å². The summed E-state index contributed by atoms with van der Waals surface area (Å²) in [6.07, 6.45) is 5.17. The van der Waals surface area contributed by atoms with E-state index in [1.54, 1.807) is 25.7 Å². The number of morpholine rings is 1. The average Bonchev–Trinajstić information content (AvgIpc) is 3.37. The van der Waals surface area contributed by atoms with Crippen LogP contribution in [0.25, 0.3) is 0 Å². The molecule has 5 aliphatic rings. The molecule has 0 aromatic heterocycles. The van der Waals surface area contributed by atoms with Gasteiger partial charge >= 0.3 is 18.2 Å². The van der Waals surface area contributed by atoms with Crippen LogP contribution in [-0.2, 0) is 41.7 Å². The number of hydrogen-bond donors (Lipinski definition) is 3. The van der Waals surface area contributed by atoms with Crippen molar-refractivity contribution in [3.63, 3.8) is 0 Å². The molecule has 1 aliphatic carbocycles. The molecule has 50 heavy (non-hydrogen) atoms. The first kappa shape index (κ1) is 35.5. The molecule has 5 atom stereocenters. The van der Waals surface area contributed by atoms with E-state index in [0.29, 0.717) is 39.1 Å². The van der Waals surface area contributed by atoms with Crippen LogP contribution < -0.4 is 15.5 Å². The molecule has 272 valence electrons. The quantitative estimate of drug-likeness (QED) is 0.398. The number of carbonyl (C=O) groups excluding carboxylic acids is 4. The highest BCUT2D eigenvalue weighted by molar-refractivity contribution is 5.96. The third-order valence-electron chi connectivity index (χ3n) is 10.1. The molecule has 4 heterocycles. The number of rotatable bonds is 4. The van der Waals surface area contributed by atoms with E-state index in [0.717, 1.165) is 49.2 Å².